The fraction of sp³-hybridized carbons (Fsp3) is 0.650. The van der Waals surface area contributed by atoms with Gasteiger partial charge in [-0.15, -0.1) is 0 Å². The molecule has 0 unspecified atom stereocenters. The van der Waals surface area contributed by atoms with Crippen molar-refractivity contribution in [2.24, 2.45) is 0 Å². The Morgan fingerprint density at radius 2 is 1.56 bits per heavy atom. The van der Waals surface area contributed by atoms with E-state index < -0.39 is 0 Å². The Kier molecular flexibility index (Phi) is 6.56. The lowest BCUT2D eigenvalue weighted by Gasteiger charge is -2.36. The molecule has 0 aromatic heterocycles. The van der Waals surface area contributed by atoms with Crippen LogP contribution < -0.4 is 9.64 Å². The van der Waals surface area contributed by atoms with Gasteiger partial charge in [0, 0.05) is 57.9 Å². The van der Waals surface area contributed by atoms with Crippen molar-refractivity contribution < 1.29 is 9.53 Å². The number of nitrogens with zero attached hydrogens (tertiary/aromatic N) is 3. The molecule has 0 saturated carbocycles. The molecule has 0 spiro atoms. The predicted octanol–water partition coefficient (Wildman–Crippen LogP) is 2.61. The van der Waals surface area contributed by atoms with Crippen molar-refractivity contribution in [2.45, 2.75) is 32.1 Å². The lowest BCUT2D eigenvalue weighted by atomic mass is 10.2. The number of hydrogen-bond acceptors (Lipinski definition) is 4. The fourth-order valence-corrected chi connectivity index (χ4v) is 3.75. The van der Waals surface area contributed by atoms with Crippen molar-refractivity contribution in [1.82, 2.24) is 9.80 Å². The van der Waals surface area contributed by atoms with E-state index in [-0.39, 0.29) is 0 Å². The first-order chi connectivity index (χ1) is 12.3. The molecule has 0 radical (unpaired) electrons. The van der Waals surface area contributed by atoms with Gasteiger partial charge in [0.15, 0.2) is 0 Å². The zero-order chi connectivity index (χ0) is 17.5. The molecule has 0 N–H and O–H groups in total. The zero-order valence-electron chi connectivity index (χ0n) is 15.5. The highest BCUT2D eigenvalue weighted by Gasteiger charge is 2.20. The highest BCUT2D eigenvalue weighted by atomic mass is 16.5. The topological polar surface area (TPSA) is 36.0 Å². The Morgan fingerprint density at radius 3 is 2.16 bits per heavy atom. The second-order valence-corrected chi connectivity index (χ2v) is 7.07. The molecule has 2 aliphatic rings. The number of hydrogen-bond donors (Lipinski definition) is 0. The van der Waals surface area contributed by atoms with Crippen molar-refractivity contribution in [2.75, 3.05) is 57.8 Å². The predicted molar refractivity (Wildman–Crippen MR) is 101 cm³/mol. The van der Waals surface area contributed by atoms with Crippen molar-refractivity contribution in [3.05, 3.63) is 24.3 Å². The summed E-state index contributed by atoms with van der Waals surface area (Å²) >= 11 is 0. The summed E-state index contributed by atoms with van der Waals surface area (Å²) in [5, 5.41) is 0. The van der Waals surface area contributed by atoms with Crippen LogP contribution in [0.1, 0.15) is 32.1 Å². The minimum Gasteiger partial charge on any atom is -0.497 e. The number of amides is 1. The van der Waals surface area contributed by atoms with Crippen LogP contribution in [0.5, 0.6) is 5.75 Å². The van der Waals surface area contributed by atoms with E-state index in [1.165, 1.54) is 31.4 Å². The van der Waals surface area contributed by atoms with Crippen molar-refractivity contribution in [3.63, 3.8) is 0 Å². The van der Waals surface area contributed by atoms with Crippen LogP contribution in [0.3, 0.4) is 0 Å². The number of benzene rings is 1. The van der Waals surface area contributed by atoms with Gasteiger partial charge in [-0.05, 0) is 37.1 Å². The third-order valence-corrected chi connectivity index (χ3v) is 5.41. The van der Waals surface area contributed by atoms with Gasteiger partial charge in [-0.3, -0.25) is 9.69 Å². The highest BCUT2D eigenvalue weighted by Crippen LogP contribution is 2.20. The molecule has 2 heterocycles. The number of ether oxygens (including phenoxy) is 1. The molecule has 5 nitrogen and oxygen atoms in total. The summed E-state index contributed by atoms with van der Waals surface area (Å²) in [4.78, 5) is 19.3. The monoisotopic (exact) mass is 345 g/mol. The van der Waals surface area contributed by atoms with Crippen molar-refractivity contribution in [1.29, 1.82) is 0 Å². The standard InChI is InChI=1S/C20H31N3O2/c1-25-19-8-6-18(7-9-19)22-16-14-21(15-17-22)13-10-20(24)23-11-4-2-3-5-12-23/h6-9H,2-5,10-17H2,1H3. The summed E-state index contributed by atoms with van der Waals surface area (Å²) < 4.78 is 5.22. The first kappa shape index (κ1) is 18.1. The maximum atomic E-state index is 12.4. The molecule has 5 heteroatoms. The smallest absolute Gasteiger partial charge is 0.223 e. The van der Waals surface area contributed by atoms with Crippen LogP contribution in [0, 0.1) is 0 Å². The van der Waals surface area contributed by atoms with Gasteiger partial charge in [-0.25, -0.2) is 0 Å². The van der Waals surface area contributed by atoms with Crippen LogP contribution in [0.25, 0.3) is 0 Å². The van der Waals surface area contributed by atoms with E-state index in [1.807, 2.05) is 12.1 Å². The van der Waals surface area contributed by atoms with Crippen LogP contribution >= 0.6 is 0 Å². The SMILES string of the molecule is COc1ccc(N2CCN(CCC(=O)N3CCCCCC3)CC2)cc1. The van der Waals surface area contributed by atoms with Crippen LogP contribution in [0.4, 0.5) is 5.69 Å². The van der Waals surface area contributed by atoms with Gasteiger partial charge >= 0.3 is 0 Å². The van der Waals surface area contributed by atoms with Crippen molar-refractivity contribution in [3.8, 4) is 5.75 Å². The molecule has 138 valence electrons. The van der Waals surface area contributed by atoms with E-state index in [9.17, 15) is 4.79 Å². The van der Waals surface area contributed by atoms with Gasteiger partial charge in [0.05, 0.1) is 7.11 Å². The van der Waals surface area contributed by atoms with Gasteiger partial charge in [0.25, 0.3) is 0 Å². The summed E-state index contributed by atoms with van der Waals surface area (Å²) in [5.74, 6) is 1.24. The van der Waals surface area contributed by atoms with Crippen LogP contribution in [0.2, 0.25) is 0 Å². The maximum absolute atomic E-state index is 12.4. The average Bonchev–Trinajstić information content (AvgIpc) is 2.96. The fourth-order valence-electron chi connectivity index (χ4n) is 3.75. The Bertz CT molecular complexity index is 530. The highest BCUT2D eigenvalue weighted by molar-refractivity contribution is 5.76. The number of piperazine rings is 1. The van der Waals surface area contributed by atoms with Gasteiger partial charge < -0.3 is 14.5 Å². The summed E-state index contributed by atoms with van der Waals surface area (Å²) in [6.07, 6.45) is 5.56. The summed E-state index contributed by atoms with van der Waals surface area (Å²) in [5.41, 5.74) is 1.25. The Morgan fingerprint density at radius 1 is 0.920 bits per heavy atom. The second kappa shape index (κ2) is 9.09. The number of rotatable bonds is 5. The van der Waals surface area contributed by atoms with E-state index in [0.717, 1.165) is 51.6 Å². The van der Waals surface area contributed by atoms with Gasteiger partial charge in [0.1, 0.15) is 5.75 Å². The molecule has 3 rings (SSSR count). The molecule has 1 amide bonds. The normalized spacial score (nSPS) is 19.6. The number of carbonyl (C=O) groups is 1. The Hall–Kier alpha value is -1.75. The van der Waals surface area contributed by atoms with Gasteiger partial charge in [-0.1, -0.05) is 12.8 Å². The van der Waals surface area contributed by atoms with Crippen LogP contribution in [0.15, 0.2) is 24.3 Å². The first-order valence-electron chi connectivity index (χ1n) is 9.65. The van der Waals surface area contributed by atoms with Crippen LogP contribution in [-0.4, -0.2) is 68.6 Å². The first-order valence-corrected chi connectivity index (χ1v) is 9.65. The van der Waals surface area contributed by atoms with Gasteiger partial charge in [0.2, 0.25) is 5.91 Å². The minimum absolute atomic E-state index is 0.347. The Labute approximate surface area is 151 Å². The molecule has 0 bridgehead atoms. The van der Waals surface area contributed by atoms with Gasteiger partial charge in [-0.2, -0.15) is 0 Å². The van der Waals surface area contributed by atoms with E-state index in [1.54, 1.807) is 7.11 Å². The molecule has 0 atom stereocenters. The third-order valence-electron chi connectivity index (χ3n) is 5.41. The van der Waals surface area contributed by atoms with Crippen LogP contribution in [-0.2, 0) is 4.79 Å². The number of anilines is 1. The van der Waals surface area contributed by atoms with E-state index in [2.05, 4.69) is 26.8 Å². The number of methoxy groups -OCH3 is 1. The second-order valence-electron chi connectivity index (χ2n) is 7.07. The van der Waals surface area contributed by atoms with E-state index in [4.69, 9.17) is 4.74 Å². The Balaban J connectivity index is 1.40. The van der Waals surface area contributed by atoms with E-state index >= 15 is 0 Å². The molecular formula is C20H31N3O2. The summed E-state index contributed by atoms with van der Waals surface area (Å²) in [7, 11) is 1.70. The summed E-state index contributed by atoms with van der Waals surface area (Å²) in [6.45, 7) is 6.91. The average molecular weight is 345 g/mol. The molecule has 1 aromatic rings. The maximum Gasteiger partial charge on any atom is 0.223 e. The molecular weight excluding hydrogens is 314 g/mol. The quantitative estimate of drug-likeness (QED) is 0.822. The lowest BCUT2D eigenvalue weighted by molar-refractivity contribution is -0.131. The number of likely N-dealkylation sites (tertiary alicyclic amines) is 1. The molecule has 2 saturated heterocycles. The number of carbonyl (C=O) groups excluding carboxylic acids is 1. The zero-order valence-corrected chi connectivity index (χ0v) is 15.5. The lowest BCUT2D eigenvalue weighted by Crippen LogP contribution is -2.47. The van der Waals surface area contributed by atoms with E-state index in [0.29, 0.717) is 12.3 Å². The molecule has 2 fully saturated rings. The molecule has 2 aliphatic heterocycles. The molecule has 0 aliphatic carbocycles. The molecule has 25 heavy (non-hydrogen) atoms. The largest absolute Gasteiger partial charge is 0.497 e. The third kappa shape index (κ3) is 5.11. The molecule has 1 aromatic carbocycles. The minimum atomic E-state index is 0.347. The summed E-state index contributed by atoms with van der Waals surface area (Å²) in [6, 6.07) is 8.28. The van der Waals surface area contributed by atoms with Crippen molar-refractivity contribution >= 4 is 11.6 Å².